The molecule has 0 aliphatic carbocycles. The van der Waals surface area contributed by atoms with Gasteiger partial charge in [-0.15, -0.1) is 0 Å². The number of carbonyl (C=O) groups is 1. The number of rotatable bonds is 4. The maximum atomic E-state index is 12.4. The van der Waals surface area contributed by atoms with Crippen molar-refractivity contribution in [3.63, 3.8) is 0 Å². The number of esters is 1. The molecule has 0 spiro atoms. The van der Waals surface area contributed by atoms with E-state index >= 15 is 0 Å². The Morgan fingerprint density at radius 2 is 1.88 bits per heavy atom. The number of benzene rings is 1. The molecule has 3 unspecified atom stereocenters. The smallest absolute Gasteiger partial charge is 0.338 e. The van der Waals surface area contributed by atoms with Crippen molar-refractivity contribution in [1.29, 1.82) is 0 Å². The van der Waals surface area contributed by atoms with Gasteiger partial charge in [0.2, 0.25) is 0 Å². The zero-order valence-electron chi connectivity index (χ0n) is 13.9. The van der Waals surface area contributed by atoms with Gasteiger partial charge in [0.1, 0.15) is 18.3 Å². The number of hydrogen-bond acceptors (Lipinski definition) is 7. The summed E-state index contributed by atoms with van der Waals surface area (Å²) >= 11 is 0. The fraction of sp³-hybridized carbons (Fsp3) is 0.588. The molecule has 2 saturated heterocycles. The molecule has 5 atom stereocenters. The van der Waals surface area contributed by atoms with Crippen LogP contribution in [0.2, 0.25) is 0 Å². The molecule has 1 aromatic rings. The molecular formula is C17H22O7. The Balaban J connectivity index is 1.83. The second kappa shape index (κ2) is 6.78. The number of methoxy groups -OCH3 is 1. The summed E-state index contributed by atoms with van der Waals surface area (Å²) < 4.78 is 28.3. The Morgan fingerprint density at radius 1 is 1.21 bits per heavy atom. The summed E-state index contributed by atoms with van der Waals surface area (Å²) in [6.45, 7) is 3.20. The zero-order chi connectivity index (χ0) is 17.3. The fourth-order valence-electron chi connectivity index (χ4n) is 3.07. The van der Waals surface area contributed by atoms with Crippen molar-refractivity contribution in [2.75, 3.05) is 13.7 Å². The minimum atomic E-state index is -0.864. The number of carbonyl (C=O) groups excluding carboxylic acids is 1. The highest BCUT2D eigenvalue weighted by Gasteiger charge is 2.57. The number of aliphatic hydroxyl groups excluding tert-OH is 1. The summed E-state index contributed by atoms with van der Waals surface area (Å²) in [5.41, 5.74) is 0.415. The van der Waals surface area contributed by atoms with Crippen molar-refractivity contribution in [1.82, 2.24) is 0 Å². The predicted molar refractivity (Wildman–Crippen MR) is 82.2 cm³/mol. The third-order valence-electron chi connectivity index (χ3n) is 4.10. The second-order valence-electron chi connectivity index (χ2n) is 6.26. The summed E-state index contributed by atoms with van der Waals surface area (Å²) in [6.07, 6.45) is -3.42. The van der Waals surface area contributed by atoms with Gasteiger partial charge in [-0.3, -0.25) is 0 Å². The quantitative estimate of drug-likeness (QED) is 0.823. The van der Waals surface area contributed by atoms with E-state index in [4.69, 9.17) is 23.7 Å². The van der Waals surface area contributed by atoms with Gasteiger partial charge >= 0.3 is 5.97 Å². The third kappa shape index (κ3) is 3.31. The molecule has 0 amide bonds. The Morgan fingerprint density at radius 3 is 2.50 bits per heavy atom. The van der Waals surface area contributed by atoms with Gasteiger partial charge in [-0.2, -0.15) is 0 Å². The lowest BCUT2D eigenvalue weighted by Gasteiger charge is -2.40. The first-order valence-corrected chi connectivity index (χ1v) is 7.86. The van der Waals surface area contributed by atoms with Crippen LogP contribution in [0.3, 0.4) is 0 Å². The molecule has 2 heterocycles. The van der Waals surface area contributed by atoms with Crippen LogP contribution in [-0.4, -0.2) is 61.3 Å². The number of fused-ring (bicyclic) bond motifs is 1. The minimum Gasteiger partial charge on any atom is -0.453 e. The molecule has 0 saturated carbocycles. The SMILES string of the molecule is CO[C@@H]1OC(CO)[C@H](OC(=O)c2ccccc2)C2OC(C)(C)OC21. The normalized spacial score (nSPS) is 34.6. The summed E-state index contributed by atoms with van der Waals surface area (Å²) in [5, 5.41) is 9.64. The van der Waals surface area contributed by atoms with E-state index in [-0.39, 0.29) is 6.61 Å². The van der Waals surface area contributed by atoms with Crippen molar-refractivity contribution in [2.24, 2.45) is 0 Å². The van der Waals surface area contributed by atoms with E-state index in [1.807, 2.05) is 6.07 Å². The molecule has 0 radical (unpaired) electrons. The van der Waals surface area contributed by atoms with Gasteiger partial charge in [0.05, 0.1) is 12.2 Å². The first kappa shape index (κ1) is 17.3. The topological polar surface area (TPSA) is 83.5 Å². The van der Waals surface area contributed by atoms with Crippen LogP contribution in [-0.2, 0) is 23.7 Å². The molecule has 2 aliphatic rings. The highest BCUT2D eigenvalue weighted by Crippen LogP contribution is 2.39. The Hall–Kier alpha value is -1.51. The maximum absolute atomic E-state index is 12.4. The largest absolute Gasteiger partial charge is 0.453 e. The Kier molecular flexibility index (Phi) is 4.89. The van der Waals surface area contributed by atoms with E-state index in [1.54, 1.807) is 38.1 Å². The van der Waals surface area contributed by atoms with Gasteiger partial charge in [0.15, 0.2) is 18.2 Å². The van der Waals surface area contributed by atoms with Crippen LogP contribution in [0.25, 0.3) is 0 Å². The highest BCUT2D eigenvalue weighted by atomic mass is 16.8. The molecule has 0 aromatic heterocycles. The lowest BCUT2D eigenvalue weighted by atomic mass is 9.99. The lowest BCUT2D eigenvalue weighted by molar-refractivity contribution is -0.271. The Labute approximate surface area is 140 Å². The number of hydrogen-bond donors (Lipinski definition) is 1. The van der Waals surface area contributed by atoms with Gasteiger partial charge in [-0.25, -0.2) is 4.79 Å². The van der Waals surface area contributed by atoms with Crippen molar-refractivity contribution >= 4 is 5.97 Å². The number of ether oxygens (including phenoxy) is 5. The Bertz CT molecular complexity index is 574. The van der Waals surface area contributed by atoms with Gasteiger partial charge in [0, 0.05) is 7.11 Å². The molecule has 7 heteroatoms. The highest BCUT2D eigenvalue weighted by molar-refractivity contribution is 5.89. The molecule has 132 valence electrons. The first-order valence-electron chi connectivity index (χ1n) is 7.86. The zero-order valence-corrected chi connectivity index (χ0v) is 13.9. The molecule has 7 nitrogen and oxygen atoms in total. The van der Waals surface area contributed by atoms with Gasteiger partial charge < -0.3 is 28.8 Å². The third-order valence-corrected chi connectivity index (χ3v) is 4.10. The van der Waals surface area contributed by atoms with Crippen LogP contribution in [0.4, 0.5) is 0 Å². The van der Waals surface area contributed by atoms with Crippen LogP contribution >= 0.6 is 0 Å². The van der Waals surface area contributed by atoms with E-state index in [9.17, 15) is 9.90 Å². The van der Waals surface area contributed by atoms with Crippen molar-refractivity contribution in [3.05, 3.63) is 35.9 Å². The summed E-state index contributed by atoms with van der Waals surface area (Å²) in [4.78, 5) is 12.4. The van der Waals surface area contributed by atoms with Crippen LogP contribution in [0.5, 0.6) is 0 Å². The standard InChI is InChI=1S/C17H22O7/c1-17(2)23-13-12(22-15(19)10-7-5-4-6-8-10)11(9-18)21-16(20-3)14(13)24-17/h4-8,11-14,16,18H,9H2,1-3H3/t11?,12-,13?,14?,16+/m0/s1. The van der Waals surface area contributed by atoms with E-state index < -0.39 is 42.5 Å². The average Bonchev–Trinajstić information content (AvgIpc) is 2.91. The van der Waals surface area contributed by atoms with Crippen molar-refractivity contribution in [3.8, 4) is 0 Å². The summed E-state index contributed by atoms with van der Waals surface area (Å²) in [5.74, 6) is -1.37. The van der Waals surface area contributed by atoms with Gasteiger partial charge in [-0.1, -0.05) is 18.2 Å². The molecule has 2 aliphatic heterocycles. The van der Waals surface area contributed by atoms with E-state index in [2.05, 4.69) is 0 Å². The van der Waals surface area contributed by atoms with Crippen molar-refractivity contribution in [2.45, 2.75) is 50.3 Å². The van der Waals surface area contributed by atoms with Crippen LogP contribution in [0.15, 0.2) is 30.3 Å². The number of aliphatic hydroxyl groups is 1. The lowest BCUT2D eigenvalue weighted by Crippen LogP contribution is -2.59. The molecule has 3 rings (SSSR count). The predicted octanol–water partition coefficient (Wildman–Crippen LogP) is 1.10. The van der Waals surface area contributed by atoms with Gasteiger partial charge in [-0.05, 0) is 26.0 Å². The van der Waals surface area contributed by atoms with Crippen molar-refractivity contribution < 1.29 is 33.6 Å². The molecular weight excluding hydrogens is 316 g/mol. The summed E-state index contributed by atoms with van der Waals surface area (Å²) in [6, 6.07) is 8.63. The molecule has 2 fully saturated rings. The molecule has 0 bridgehead atoms. The van der Waals surface area contributed by atoms with Crippen LogP contribution in [0.1, 0.15) is 24.2 Å². The first-order chi connectivity index (χ1) is 11.4. The van der Waals surface area contributed by atoms with Gasteiger partial charge in [0.25, 0.3) is 0 Å². The van der Waals surface area contributed by atoms with E-state index in [1.165, 1.54) is 7.11 Å². The second-order valence-corrected chi connectivity index (χ2v) is 6.26. The average molecular weight is 338 g/mol. The van der Waals surface area contributed by atoms with Crippen LogP contribution in [0, 0.1) is 0 Å². The van der Waals surface area contributed by atoms with Crippen LogP contribution < -0.4 is 0 Å². The molecule has 24 heavy (non-hydrogen) atoms. The molecule has 1 aromatic carbocycles. The van der Waals surface area contributed by atoms with E-state index in [0.29, 0.717) is 5.56 Å². The fourth-order valence-corrected chi connectivity index (χ4v) is 3.07. The monoisotopic (exact) mass is 338 g/mol. The minimum absolute atomic E-state index is 0.334. The summed E-state index contributed by atoms with van der Waals surface area (Å²) in [7, 11) is 1.49. The molecule has 1 N–H and O–H groups in total. The maximum Gasteiger partial charge on any atom is 0.338 e. The van der Waals surface area contributed by atoms with E-state index in [0.717, 1.165) is 0 Å².